The summed E-state index contributed by atoms with van der Waals surface area (Å²) in [6, 6.07) is 2.09. The molecule has 1 rings (SSSR count). The molecule has 7 heteroatoms. The molecule has 0 spiro atoms. The standard InChI is InChI=1S/C9H15ClN2O2S2/c10-4-1-2-6-16(13,14)12-9(7-11)3-5-15-8-9/h12H,1-6,8H2. The van der Waals surface area contributed by atoms with Crippen LogP contribution in [0, 0.1) is 11.3 Å². The minimum absolute atomic E-state index is 0.0494. The van der Waals surface area contributed by atoms with Crippen molar-refractivity contribution in [3.05, 3.63) is 0 Å². The van der Waals surface area contributed by atoms with Gasteiger partial charge in [0.05, 0.1) is 11.8 Å². The van der Waals surface area contributed by atoms with Gasteiger partial charge in [0.2, 0.25) is 10.0 Å². The largest absolute Gasteiger partial charge is 0.213 e. The van der Waals surface area contributed by atoms with E-state index in [1.165, 1.54) is 0 Å². The summed E-state index contributed by atoms with van der Waals surface area (Å²) in [5.41, 5.74) is -0.884. The fourth-order valence-electron chi connectivity index (χ4n) is 1.49. The Morgan fingerprint density at radius 3 is 2.75 bits per heavy atom. The second-order valence-electron chi connectivity index (χ2n) is 3.81. The number of unbranched alkanes of at least 4 members (excludes halogenated alkanes) is 1. The van der Waals surface area contributed by atoms with Gasteiger partial charge in [-0.05, 0) is 25.0 Å². The number of nitrogens with zero attached hydrogens (tertiary/aromatic N) is 1. The van der Waals surface area contributed by atoms with Crippen molar-refractivity contribution in [1.82, 2.24) is 4.72 Å². The van der Waals surface area contributed by atoms with Gasteiger partial charge in [-0.25, -0.2) is 8.42 Å². The zero-order valence-corrected chi connectivity index (χ0v) is 11.3. The van der Waals surface area contributed by atoms with Crippen molar-refractivity contribution in [2.24, 2.45) is 0 Å². The Morgan fingerprint density at radius 1 is 1.50 bits per heavy atom. The van der Waals surface area contributed by atoms with E-state index in [1.54, 1.807) is 11.8 Å². The van der Waals surface area contributed by atoms with Gasteiger partial charge in [0.25, 0.3) is 0 Å². The Morgan fingerprint density at radius 2 is 2.25 bits per heavy atom. The lowest BCUT2D eigenvalue weighted by molar-refractivity contribution is 0.513. The quantitative estimate of drug-likeness (QED) is 0.589. The van der Waals surface area contributed by atoms with Crippen LogP contribution in [0.1, 0.15) is 19.3 Å². The van der Waals surface area contributed by atoms with Gasteiger partial charge in [0.15, 0.2) is 0 Å². The fourth-order valence-corrected chi connectivity index (χ4v) is 4.54. The number of nitrogens with one attached hydrogen (secondary N) is 1. The van der Waals surface area contributed by atoms with Gasteiger partial charge < -0.3 is 0 Å². The molecule has 1 aliphatic rings. The van der Waals surface area contributed by atoms with Crippen LogP contribution in [-0.2, 0) is 10.0 Å². The number of rotatable bonds is 6. The minimum atomic E-state index is -3.35. The molecule has 1 fully saturated rings. The molecule has 4 nitrogen and oxygen atoms in total. The van der Waals surface area contributed by atoms with Crippen LogP contribution in [0.2, 0.25) is 0 Å². The summed E-state index contributed by atoms with van der Waals surface area (Å²) >= 11 is 7.09. The summed E-state index contributed by atoms with van der Waals surface area (Å²) in [6.45, 7) is 0. The summed E-state index contributed by atoms with van der Waals surface area (Å²) in [6.07, 6.45) is 1.80. The number of alkyl halides is 1. The van der Waals surface area contributed by atoms with Crippen molar-refractivity contribution in [1.29, 1.82) is 5.26 Å². The maximum absolute atomic E-state index is 11.7. The van der Waals surface area contributed by atoms with Gasteiger partial charge >= 0.3 is 0 Å². The minimum Gasteiger partial charge on any atom is -0.212 e. The Balaban J connectivity index is 2.54. The molecule has 0 saturated carbocycles. The van der Waals surface area contributed by atoms with E-state index < -0.39 is 15.6 Å². The number of thioether (sulfide) groups is 1. The van der Waals surface area contributed by atoms with Crippen molar-refractivity contribution < 1.29 is 8.42 Å². The van der Waals surface area contributed by atoms with Crippen LogP contribution >= 0.6 is 23.4 Å². The van der Waals surface area contributed by atoms with Crippen molar-refractivity contribution >= 4 is 33.4 Å². The topological polar surface area (TPSA) is 70.0 Å². The molecule has 1 unspecified atom stereocenters. The molecule has 0 aliphatic carbocycles. The number of sulfonamides is 1. The Kier molecular flexibility index (Phi) is 5.38. The van der Waals surface area contributed by atoms with E-state index in [0.29, 0.717) is 30.9 Å². The van der Waals surface area contributed by atoms with E-state index in [-0.39, 0.29) is 5.75 Å². The predicted molar refractivity (Wildman–Crippen MR) is 67.2 cm³/mol. The molecule has 1 heterocycles. The van der Waals surface area contributed by atoms with Crippen molar-refractivity contribution in [3.8, 4) is 6.07 Å². The monoisotopic (exact) mass is 282 g/mol. The lowest BCUT2D eigenvalue weighted by atomic mass is 10.0. The Bertz CT molecular complexity index is 358. The maximum Gasteiger partial charge on any atom is 0.213 e. The number of hydrogen-bond donors (Lipinski definition) is 1. The second-order valence-corrected chi connectivity index (χ2v) is 7.14. The molecular weight excluding hydrogens is 268 g/mol. The first-order valence-corrected chi connectivity index (χ1v) is 8.44. The van der Waals surface area contributed by atoms with Crippen molar-refractivity contribution in [2.75, 3.05) is 23.1 Å². The first kappa shape index (κ1) is 14.1. The van der Waals surface area contributed by atoms with E-state index in [1.807, 2.05) is 0 Å². The lowest BCUT2D eigenvalue weighted by Gasteiger charge is -2.20. The van der Waals surface area contributed by atoms with Crippen LogP contribution in [0.3, 0.4) is 0 Å². The van der Waals surface area contributed by atoms with Gasteiger partial charge in [0, 0.05) is 11.6 Å². The molecule has 0 bridgehead atoms. The summed E-state index contributed by atoms with van der Waals surface area (Å²) in [7, 11) is -3.35. The third kappa shape index (κ3) is 4.13. The molecule has 0 amide bonds. The van der Waals surface area contributed by atoms with E-state index >= 15 is 0 Å². The number of hydrogen-bond acceptors (Lipinski definition) is 4. The van der Waals surface area contributed by atoms with Crippen LogP contribution in [0.5, 0.6) is 0 Å². The van der Waals surface area contributed by atoms with Crippen LogP contribution in [0.4, 0.5) is 0 Å². The Hall–Kier alpha value is 0.0400. The van der Waals surface area contributed by atoms with Crippen LogP contribution in [0.25, 0.3) is 0 Å². The highest BCUT2D eigenvalue weighted by Crippen LogP contribution is 2.28. The molecule has 1 saturated heterocycles. The second kappa shape index (κ2) is 6.10. The van der Waals surface area contributed by atoms with Gasteiger partial charge in [0.1, 0.15) is 5.54 Å². The maximum atomic E-state index is 11.7. The molecule has 1 aliphatic heterocycles. The molecule has 0 aromatic heterocycles. The Labute approximate surface area is 106 Å². The summed E-state index contributed by atoms with van der Waals surface area (Å²) in [4.78, 5) is 0. The zero-order chi connectivity index (χ0) is 12.1. The zero-order valence-electron chi connectivity index (χ0n) is 8.91. The normalized spacial score (nSPS) is 25.5. The van der Waals surface area contributed by atoms with Gasteiger partial charge in [-0.2, -0.15) is 21.7 Å². The summed E-state index contributed by atoms with van der Waals surface area (Å²) in [5.74, 6) is 1.89. The SMILES string of the molecule is N#CC1(NS(=O)(=O)CCCCCl)CCSC1. The number of nitriles is 1. The van der Waals surface area contributed by atoms with Gasteiger partial charge in [-0.15, -0.1) is 11.6 Å². The third-order valence-corrected chi connectivity index (χ3v) is 5.37. The first-order valence-electron chi connectivity index (χ1n) is 5.10. The van der Waals surface area contributed by atoms with E-state index in [9.17, 15) is 8.42 Å². The van der Waals surface area contributed by atoms with Crippen LogP contribution in [-0.4, -0.2) is 37.1 Å². The van der Waals surface area contributed by atoms with E-state index in [0.717, 1.165) is 5.75 Å². The predicted octanol–water partition coefficient (Wildman–Crippen LogP) is 1.32. The highest BCUT2D eigenvalue weighted by Gasteiger charge is 2.38. The van der Waals surface area contributed by atoms with Crippen LogP contribution < -0.4 is 4.72 Å². The van der Waals surface area contributed by atoms with Crippen molar-refractivity contribution in [2.45, 2.75) is 24.8 Å². The smallest absolute Gasteiger partial charge is 0.212 e. The highest BCUT2D eigenvalue weighted by molar-refractivity contribution is 7.99. The molecule has 92 valence electrons. The number of halogens is 1. The molecular formula is C9H15ClN2O2S2. The molecule has 0 radical (unpaired) electrons. The lowest BCUT2D eigenvalue weighted by Crippen LogP contribution is -2.48. The van der Waals surface area contributed by atoms with Crippen LogP contribution in [0.15, 0.2) is 0 Å². The van der Waals surface area contributed by atoms with Gasteiger partial charge in [-0.3, -0.25) is 0 Å². The molecule has 16 heavy (non-hydrogen) atoms. The molecule has 0 aromatic rings. The average molecular weight is 283 g/mol. The van der Waals surface area contributed by atoms with E-state index in [2.05, 4.69) is 10.8 Å². The molecule has 1 atom stereocenters. The third-order valence-electron chi connectivity index (χ3n) is 2.38. The first-order chi connectivity index (χ1) is 7.54. The summed E-state index contributed by atoms with van der Waals surface area (Å²) < 4.78 is 25.9. The average Bonchev–Trinajstić information content (AvgIpc) is 2.66. The summed E-state index contributed by atoms with van der Waals surface area (Å²) in [5, 5.41) is 9.04. The molecule has 1 N–H and O–H groups in total. The fraction of sp³-hybridized carbons (Fsp3) is 0.889. The molecule has 0 aromatic carbocycles. The van der Waals surface area contributed by atoms with Crippen molar-refractivity contribution in [3.63, 3.8) is 0 Å². The van der Waals surface area contributed by atoms with Gasteiger partial charge in [-0.1, -0.05) is 0 Å². The highest BCUT2D eigenvalue weighted by atomic mass is 35.5. The van der Waals surface area contributed by atoms with E-state index in [4.69, 9.17) is 16.9 Å².